The van der Waals surface area contributed by atoms with Crippen LogP contribution >= 0.6 is 0 Å². The molecule has 3 N–H and O–H groups in total. The van der Waals surface area contributed by atoms with Crippen LogP contribution < -0.4 is 20.5 Å². The van der Waals surface area contributed by atoms with Gasteiger partial charge in [0.2, 0.25) is 0 Å². The highest BCUT2D eigenvalue weighted by molar-refractivity contribution is 5.92. The Morgan fingerprint density at radius 3 is 2.52 bits per heavy atom. The summed E-state index contributed by atoms with van der Waals surface area (Å²) in [7, 11) is 0. The molecular weight excluding hydrogens is 372 g/mol. The van der Waals surface area contributed by atoms with Crippen molar-refractivity contribution >= 4 is 17.6 Å². The van der Waals surface area contributed by atoms with Crippen molar-refractivity contribution in [2.75, 3.05) is 25.6 Å². The zero-order valence-electron chi connectivity index (χ0n) is 16.9. The van der Waals surface area contributed by atoms with Crippen LogP contribution in [-0.4, -0.2) is 31.7 Å². The Bertz CT molecular complexity index is 910. The summed E-state index contributed by atoms with van der Waals surface area (Å²) < 4.78 is 16.3. The third-order valence-corrected chi connectivity index (χ3v) is 4.76. The predicted octanol–water partition coefficient (Wildman–Crippen LogP) is 3.02. The fraction of sp³-hybridized carbons (Fsp3) is 0.364. The van der Waals surface area contributed by atoms with E-state index >= 15 is 0 Å². The molecule has 154 valence electrons. The van der Waals surface area contributed by atoms with Crippen molar-refractivity contribution in [1.29, 1.82) is 0 Å². The number of anilines is 1. The number of nitrogens with one attached hydrogen (secondary N) is 1. The van der Waals surface area contributed by atoms with Crippen molar-refractivity contribution in [2.24, 2.45) is 5.92 Å². The molecule has 0 fully saturated rings. The standard InChI is InChI=1S/C22H26N2O5/c1-13(2)21(15-6-7-18-19(11-15)28-9-8-27-18)24-20(25)12-29-22(26)16-5-4-14(3)17(23)10-16/h4-7,10-11,13,21H,8-9,12,23H2,1-3H3,(H,24,25)/t21-/m0/s1. The molecule has 0 saturated carbocycles. The zero-order valence-corrected chi connectivity index (χ0v) is 16.9. The minimum absolute atomic E-state index is 0.120. The summed E-state index contributed by atoms with van der Waals surface area (Å²) in [5, 5.41) is 2.93. The average molecular weight is 398 g/mol. The van der Waals surface area contributed by atoms with Crippen LogP contribution in [0.5, 0.6) is 11.5 Å². The number of esters is 1. The minimum atomic E-state index is -0.590. The topological polar surface area (TPSA) is 99.9 Å². The maximum atomic E-state index is 12.4. The summed E-state index contributed by atoms with van der Waals surface area (Å²) in [4.78, 5) is 24.6. The Morgan fingerprint density at radius 1 is 1.10 bits per heavy atom. The highest BCUT2D eigenvalue weighted by Gasteiger charge is 2.22. The van der Waals surface area contributed by atoms with Gasteiger partial charge in [-0.15, -0.1) is 0 Å². The molecule has 2 aromatic carbocycles. The summed E-state index contributed by atoms with van der Waals surface area (Å²) in [5.41, 5.74) is 8.41. The maximum Gasteiger partial charge on any atom is 0.338 e. The van der Waals surface area contributed by atoms with Gasteiger partial charge in [-0.25, -0.2) is 4.79 Å². The Kier molecular flexibility index (Phi) is 6.26. The molecule has 3 rings (SSSR count). The van der Waals surface area contributed by atoms with E-state index in [1.54, 1.807) is 18.2 Å². The molecule has 1 aliphatic rings. The van der Waals surface area contributed by atoms with Gasteiger partial charge in [-0.05, 0) is 48.2 Å². The van der Waals surface area contributed by atoms with Gasteiger partial charge in [0, 0.05) is 5.69 Å². The van der Waals surface area contributed by atoms with Crippen LogP contribution in [0.3, 0.4) is 0 Å². The summed E-state index contributed by atoms with van der Waals surface area (Å²) in [6.07, 6.45) is 0. The van der Waals surface area contributed by atoms with Gasteiger partial charge in [0.05, 0.1) is 11.6 Å². The number of ether oxygens (including phenoxy) is 3. The number of amides is 1. The number of fused-ring (bicyclic) bond motifs is 1. The first-order valence-corrected chi connectivity index (χ1v) is 9.57. The van der Waals surface area contributed by atoms with E-state index in [-0.39, 0.29) is 24.5 Å². The first-order valence-electron chi connectivity index (χ1n) is 9.57. The third kappa shape index (κ3) is 4.99. The Hall–Kier alpha value is -3.22. The normalized spacial score (nSPS) is 13.7. The van der Waals surface area contributed by atoms with E-state index in [0.29, 0.717) is 36.0 Å². The summed E-state index contributed by atoms with van der Waals surface area (Å²) in [5.74, 6) is 0.505. The number of benzene rings is 2. The number of carbonyl (C=O) groups excluding carboxylic acids is 2. The summed E-state index contributed by atoms with van der Waals surface area (Å²) >= 11 is 0. The monoisotopic (exact) mass is 398 g/mol. The van der Waals surface area contributed by atoms with Crippen LogP contribution in [0.1, 0.15) is 41.4 Å². The van der Waals surface area contributed by atoms with E-state index in [9.17, 15) is 9.59 Å². The van der Waals surface area contributed by atoms with Gasteiger partial charge in [0.15, 0.2) is 18.1 Å². The number of carbonyl (C=O) groups is 2. The molecular formula is C22H26N2O5. The maximum absolute atomic E-state index is 12.4. The van der Waals surface area contributed by atoms with Crippen molar-refractivity contribution in [1.82, 2.24) is 5.32 Å². The molecule has 1 amide bonds. The summed E-state index contributed by atoms with van der Waals surface area (Å²) in [6, 6.07) is 10.3. The fourth-order valence-electron chi connectivity index (χ4n) is 3.09. The van der Waals surface area contributed by atoms with Crippen molar-refractivity contribution in [3.8, 4) is 11.5 Å². The van der Waals surface area contributed by atoms with E-state index in [1.807, 2.05) is 39.0 Å². The molecule has 29 heavy (non-hydrogen) atoms. The second-order valence-electron chi connectivity index (χ2n) is 7.34. The van der Waals surface area contributed by atoms with Crippen LogP contribution in [0, 0.1) is 12.8 Å². The summed E-state index contributed by atoms with van der Waals surface area (Å²) in [6.45, 7) is 6.50. The fourth-order valence-corrected chi connectivity index (χ4v) is 3.09. The van der Waals surface area contributed by atoms with Crippen LogP contribution in [0.25, 0.3) is 0 Å². The number of rotatable bonds is 6. The average Bonchev–Trinajstić information content (AvgIpc) is 2.71. The number of nitrogen functional groups attached to an aromatic ring is 1. The van der Waals surface area contributed by atoms with Gasteiger partial charge in [0.25, 0.3) is 5.91 Å². The van der Waals surface area contributed by atoms with E-state index in [1.165, 1.54) is 0 Å². The molecule has 0 aliphatic carbocycles. The van der Waals surface area contributed by atoms with Crippen molar-refractivity contribution in [3.63, 3.8) is 0 Å². The van der Waals surface area contributed by atoms with Gasteiger partial charge >= 0.3 is 5.97 Å². The van der Waals surface area contributed by atoms with E-state index < -0.39 is 5.97 Å². The van der Waals surface area contributed by atoms with E-state index in [0.717, 1.165) is 11.1 Å². The Morgan fingerprint density at radius 2 is 1.83 bits per heavy atom. The second kappa shape index (κ2) is 8.86. The van der Waals surface area contributed by atoms with Crippen molar-refractivity contribution in [2.45, 2.75) is 26.8 Å². The number of nitrogens with two attached hydrogens (primary N) is 1. The lowest BCUT2D eigenvalue weighted by atomic mass is 9.95. The molecule has 0 bridgehead atoms. The molecule has 0 radical (unpaired) electrons. The lowest BCUT2D eigenvalue weighted by molar-refractivity contribution is -0.125. The number of hydrogen-bond donors (Lipinski definition) is 2. The van der Waals surface area contributed by atoms with Gasteiger partial charge in [0.1, 0.15) is 13.2 Å². The third-order valence-electron chi connectivity index (χ3n) is 4.76. The van der Waals surface area contributed by atoms with Crippen LogP contribution in [0.4, 0.5) is 5.69 Å². The molecule has 7 heteroatoms. The molecule has 1 heterocycles. The molecule has 0 unspecified atom stereocenters. The largest absolute Gasteiger partial charge is 0.486 e. The van der Waals surface area contributed by atoms with Gasteiger partial charge < -0.3 is 25.3 Å². The van der Waals surface area contributed by atoms with E-state index in [4.69, 9.17) is 19.9 Å². The highest BCUT2D eigenvalue weighted by Crippen LogP contribution is 2.34. The number of aryl methyl sites for hydroxylation is 1. The molecule has 0 spiro atoms. The van der Waals surface area contributed by atoms with Crippen LogP contribution in [0.2, 0.25) is 0 Å². The molecule has 0 aromatic heterocycles. The van der Waals surface area contributed by atoms with Crippen LogP contribution in [0.15, 0.2) is 36.4 Å². The zero-order chi connectivity index (χ0) is 21.0. The van der Waals surface area contributed by atoms with Gasteiger partial charge in [-0.2, -0.15) is 0 Å². The van der Waals surface area contributed by atoms with Crippen molar-refractivity contribution in [3.05, 3.63) is 53.1 Å². The molecule has 1 aliphatic heterocycles. The Labute approximate surface area is 170 Å². The van der Waals surface area contributed by atoms with Gasteiger partial charge in [-0.1, -0.05) is 26.0 Å². The smallest absolute Gasteiger partial charge is 0.338 e. The first kappa shape index (κ1) is 20.5. The number of hydrogen-bond acceptors (Lipinski definition) is 6. The molecule has 1 atom stereocenters. The first-order chi connectivity index (χ1) is 13.8. The molecule has 7 nitrogen and oxygen atoms in total. The molecule has 2 aromatic rings. The quantitative estimate of drug-likeness (QED) is 0.573. The minimum Gasteiger partial charge on any atom is -0.486 e. The lowest BCUT2D eigenvalue weighted by Gasteiger charge is -2.25. The van der Waals surface area contributed by atoms with E-state index in [2.05, 4.69) is 5.32 Å². The SMILES string of the molecule is Cc1ccc(C(=O)OCC(=O)N[C@H](c2ccc3c(c2)OCCO3)C(C)C)cc1N. The predicted molar refractivity (Wildman–Crippen MR) is 109 cm³/mol. The molecule has 0 saturated heterocycles. The van der Waals surface area contributed by atoms with Crippen LogP contribution in [-0.2, 0) is 9.53 Å². The lowest BCUT2D eigenvalue weighted by Crippen LogP contribution is -2.35. The second-order valence-corrected chi connectivity index (χ2v) is 7.34. The van der Waals surface area contributed by atoms with Gasteiger partial charge in [-0.3, -0.25) is 4.79 Å². The van der Waals surface area contributed by atoms with Crippen molar-refractivity contribution < 1.29 is 23.8 Å². The Balaban J connectivity index is 1.62. The highest BCUT2D eigenvalue weighted by atomic mass is 16.6.